The topological polar surface area (TPSA) is 62.0 Å². The largest absolute Gasteiger partial charge is 0.435 e. The van der Waals surface area contributed by atoms with Gasteiger partial charge >= 0.3 is 12.4 Å². The van der Waals surface area contributed by atoms with Crippen LogP contribution in [0, 0.1) is 16.7 Å². The molecular weight excluding hydrogens is 462 g/mol. The third-order valence-corrected chi connectivity index (χ3v) is 6.92. The molecule has 2 aliphatic rings. The van der Waals surface area contributed by atoms with Gasteiger partial charge in [-0.1, -0.05) is 12.1 Å². The van der Waals surface area contributed by atoms with Gasteiger partial charge in [-0.15, -0.1) is 5.10 Å². The molecule has 0 amide bonds. The SMILES string of the molecule is N#Cc1ccc(CC[C@@]2(C3(C(F)(F)F)CCO3)CCN(Cc3ccc(C(F)(F)F)nn3)C2)cc1. The summed E-state index contributed by atoms with van der Waals surface area (Å²) in [5.74, 6) is 0. The van der Waals surface area contributed by atoms with Crippen molar-refractivity contribution >= 4 is 0 Å². The Bertz CT molecular complexity index is 1040. The highest BCUT2D eigenvalue weighted by Crippen LogP contribution is 2.59. The smallest absolute Gasteiger partial charge is 0.365 e. The van der Waals surface area contributed by atoms with Crippen LogP contribution in [0.15, 0.2) is 36.4 Å². The molecule has 1 unspecified atom stereocenters. The Morgan fingerprint density at radius 1 is 1.00 bits per heavy atom. The van der Waals surface area contributed by atoms with Crippen LogP contribution in [0.2, 0.25) is 0 Å². The molecule has 0 N–H and O–H groups in total. The number of halogens is 6. The standard InChI is InChI=1S/C23H22F6N4O/c24-22(25,26)19-6-5-18(31-32-19)14-33-11-9-20(15-33,21(10-12-34-21)23(27,28)29)8-7-16-1-3-17(13-30)4-2-16/h1-6H,7-12,14-15H2/t20-,21?/m1/s1. The molecule has 1 aromatic heterocycles. The molecule has 0 spiro atoms. The average molecular weight is 484 g/mol. The first-order valence-corrected chi connectivity index (χ1v) is 10.8. The Morgan fingerprint density at radius 2 is 1.71 bits per heavy atom. The average Bonchev–Trinajstić information content (AvgIpc) is 3.14. The van der Waals surface area contributed by atoms with E-state index in [4.69, 9.17) is 10.00 Å². The van der Waals surface area contributed by atoms with Gasteiger partial charge in [0.2, 0.25) is 0 Å². The van der Waals surface area contributed by atoms with Gasteiger partial charge in [-0.2, -0.15) is 36.7 Å². The van der Waals surface area contributed by atoms with Crippen molar-refractivity contribution in [1.29, 1.82) is 5.26 Å². The summed E-state index contributed by atoms with van der Waals surface area (Å²) in [4.78, 5) is 1.77. The van der Waals surface area contributed by atoms with Crippen molar-refractivity contribution in [2.24, 2.45) is 5.41 Å². The summed E-state index contributed by atoms with van der Waals surface area (Å²) in [6, 6.07) is 10.8. The molecular formula is C23H22F6N4O. The van der Waals surface area contributed by atoms with Crippen LogP contribution in [0.4, 0.5) is 26.3 Å². The summed E-state index contributed by atoms with van der Waals surface area (Å²) in [5, 5.41) is 15.8. The first-order chi connectivity index (χ1) is 16.0. The fraction of sp³-hybridized carbons (Fsp3) is 0.522. The normalized spacial score (nSPS) is 25.7. The number of likely N-dealkylation sites (tertiary alicyclic amines) is 1. The van der Waals surface area contributed by atoms with E-state index in [0.717, 1.165) is 11.6 Å². The second-order valence-electron chi connectivity index (χ2n) is 8.88. The van der Waals surface area contributed by atoms with Crippen molar-refractivity contribution in [1.82, 2.24) is 15.1 Å². The van der Waals surface area contributed by atoms with Crippen LogP contribution < -0.4 is 0 Å². The lowest BCUT2D eigenvalue weighted by molar-refractivity contribution is -0.366. The second-order valence-corrected chi connectivity index (χ2v) is 8.88. The molecule has 4 rings (SSSR count). The maximum Gasteiger partial charge on any atom is 0.435 e. The fourth-order valence-electron chi connectivity index (χ4n) is 5.03. The summed E-state index contributed by atoms with van der Waals surface area (Å²) >= 11 is 0. The predicted octanol–water partition coefficient (Wildman–Crippen LogP) is 4.91. The number of nitriles is 1. The van der Waals surface area contributed by atoms with Crippen molar-refractivity contribution in [3.63, 3.8) is 0 Å². The van der Waals surface area contributed by atoms with E-state index in [9.17, 15) is 26.3 Å². The third kappa shape index (κ3) is 4.49. The van der Waals surface area contributed by atoms with Crippen molar-refractivity contribution in [3.8, 4) is 6.07 Å². The highest BCUT2D eigenvalue weighted by Gasteiger charge is 2.71. The molecule has 3 heterocycles. The first kappa shape index (κ1) is 24.4. The van der Waals surface area contributed by atoms with E-state index in [0.29, 0.717) is 18.5 Å². The number of nitrogens with zero attached hydrogens (tertiary/aromatic N) is 4. The lowest BCUT2D eigenvalue weighted by Crippen LogP contribution is -2.67. The Kier molecular flexibility index (Phi) is 6.33. The summed E-state index contributed by atoms with van der Waals surface area (Å²) in [5.41, 5.74) is -3.04. The zero-order valence-electron chi connectivity index (χ0n) is 18.1. The minimum Gasteiger partial charge on any atom is -0.365 e. The van der Waals surface area contributed by atoms with Gasteiger partial charge in [0, 0.05) is 24.9 Å². The van der Waals surface area contributed by atoms with Gasteiger partial charge in [-0.3, -0.25) is 4.90 Å². The van der Waals surface area contributed by atoms with E-state index < -0.39 is 29.1 Å². The number of aryl methyl sites for hydroxylation is 1. The number of hydrogen-bond donors (Lipinski definition) is 0. The zero-order valence-corrected chi connectivity index (χ0v) is 18.1. The van der Waals surface area contributed by atoms with E-state index in [2.05, 4.69) is 10.2 Å². The lowest BCUT2D eigenvalue weighted by Gasteiger charge is -2.54. The number of ether oxygens (including phenoxy) is 1. The quantitative estimate of drug-likeness (QED) is 0.545. The van der Waals surface area contributed by atoms with Crippen LogP contribution >= 0.6 is 0 Å². The minimum atomic E-state index is -4.61. The molecule has 182 valence electrons. The number of aromatic nitrogens is 2. The molecule has 34 heavy (non-hydrogen) atoms. The van der Waals surface area contributed by atoms with E-state index in [1.54, 1.807) is 29.2 Å². The monoisotopic (exact) mass is 484 g/mol. The number of hydrogen-bond acceptors (Lipinski definition) is 5. The molecule has 0 bridgehead atoms. The number of alkyl halides is 6. The predicted molar refractivity (Wildman–Crippen MR) is 108 cm³/mol. The van der Waals surface area contributed by atoms with Gasteiger partial charge < -0.3 is 4.74 Å². The first-order valence-electron chi connectivity index (χ1n) is 10.8. The highest BCUT2D eigenvalue weighted by molar-refractivity contribution is 5.32. The van der Waals surface area contributed by atoms with Crippen molar-refractivity contribution in [2.45, 2.75) is 50.2 Å². The molecule has 5 nitrogen and oxygen atoms in total. The summed E-state index contributed by atoms with van der Waals surface area (Å²) < 4.78 is 86.3. The second kappa shape index (κ2) is 8.82. The molecule has 2 atom stereocenters. The van der Waals surface area contributed by atoms with Gasteiger partial charge in [0.1, 0.15) is 0 Å². The Balaban J connectivity index is 1.54. The Morgan fingerprint density at radius 3 is 2.21 bits per heavy atom. The molecule has 2 fully saturated rings. The molecule has 0 radical (unpaired) electrons. The summed E-state index contributed by atoms with van der Waals surface area (Å²) in [6.07, 6.45) is -8.47. The fourth-order valence-corrected chi connectivity index (χ4v) is 5.03. The van der Waals surface area contributed by atoms with Gasteiger partial charge in [-0.25, -0.2) is 0 Å². The van der Waals surface area contributed by atoms with Crippen LogP contribution in [0.5, 0.6) is 0 Å². The van der Waals surface area contributed by atoms with E-state index in [-0.39, 0.29) is 44.7 Å². The zero-order chi connectivity index (χ0) is 24.6. The highest BCUT2D eigenvalue weighted by atomic mass is 19.4. The van der Waals surface area contributed by atoms with Crippen LogP contribution in [0.3, 0.4) is 0 Å². The van der Waals surface area contributed by atoms with Crippen LogP contribution in [0.1, 0.15) is 41.8 Å². The van der Waals surface area contributed by atoms with Gasteiger partial charge in [0.05, 0.1) is 23.9 Å². The molecule has 2 aromatic rings. The molecule has 0 aliphatic carbocycles. The van der Waals surface area contributed by atoms with E-state index >= 15 is 0 Å². The summed E-state index contributed by atoms with van der Waals surface area (Å²) in [6.45, 7) is 0.531. The van der Waals surface area contributed by atoms with Crippen molar-refractivity contribution < 1.29 is 31.1 Å². The van der Waals surface area contributed by atoms with E-state index in [1.165, 1.54) is 6.07 Å². The minimum absolute atomic E-state index is 0.0303. The van der Waals surface area contributed by atoms with Gasteiger partial charge in [-0.05, 0) is 55.6 Å². The Hall–Kier alpha value is -2.71. The molecule has 2 aliphatic heterocycles. The van der Waals surface area contributed by atoms with E-state index in [1.807, 2.05) is 6.07 Å². The molecule has 0 saturated carbocycles. The Labute approximate surface area is 192 Å². The maximum absolute atomic E-state index is 14.3. The summed E-state index contributed by atoms with van der Waals surface area (Å²) in [7, 11) is 0. The third-order valence-electron chi connectivity index (χ3n) is 6.92. The van der Waals surface area contributed by atoms with Crippen LogP contribution in [0.25, 0.3) is 0 Å². The van der Waals surface area contributed by atoms with Gasteiger partial charge in [0.15, 0.2) is 11.3 Å². The molecule has 11 heteroatoms. The van der Waals surface area contributed by atoms with Crippen molar-refractivity contribution in [3.05, 3.63) is 58.9 Å². The van der Waals surface area contributed by atoms with Gasteiger partial charge in [0.25, 0.3) is 0 Å². The van der Waals surface area contributed by atoms with Crippen LogP contribution in [-0.4, -0.2) is 46.6 Å². The number of rotatable bonds is 6. The lowest BCUT2D eigenvalue weighted by atomic mass is 9.63. The molecule has 2 saturated heterocycles. The maximum atomic E-state index is 14.3. The molecule has 1 aromatic carbocycles. The number of benzene rings is 1. The van der Waals surface area contributed by atoms with Crippen LogP contribution in [-0.2, 0) is 23.9 Å². The van der Waals surface area contributed by atoms with Crippen molar-refractivity contribution in [2.75, 3.05) is 19.7 Å².